The molecule has 2 saturated heterocycles. The molecule has 1 aromatic heterocycles. The maximum atomic E-state index is 13.1. The third-order valence-electron chi connectivity index (χ3n) is 5.41. The van der Waals surface area contributed by atoms with Crippen LogP contribution in [0.2, 0.25) is 0 Å². The Labute approximate surface area is 182 Å². The molecule has 1 amide bonds. The first-order valence-electron chi connectivity index (χ1n) is 10.2. The number of amides is 1. The molecule has 0 saturated carbocycles. The van der Waals surface area contributed by atoms with Crippen LogP contribution in [-0.2, 0) is 19.5 Å². The molecule has 10 heteroatoms. The lowest BCUT2D eigenvalue weighted by atomic mass is 10.1. The summed E-state index contributed by atoms with van der Waals surface area (Å²) in [4.78, 5) is 19.7. The van der Waals surface area contributed by atoms with Gasteiger partial charge in [-0.3, -0.25) is 4.79 Å². The van der Waals surface area contributed by atoms with E-state index in [2.05, 4.69) is 15.2 Å². The molecule has 31 heavy (non-hydrogen) atoms. The number of sulfonamides is 1. The largest absolute Gasteiger partial charge is 0.379 e. The number of pyridine rings is 1. The van der Waals surface area contributed by atoms with Crippen molar-refractivity contribution in [3.05, 3.63) is 47.7 Å². The average Bonchev–Trinajstić information content (AvgIpc) is 2.80. The predicted molar refractivity (Wildman–Crippen MR) is 116 cm³/mol. The second kappa shape index (κ2) is 9.31. The molecule has 166 valence electrons. The molecule has 4 rings (SSSR count). The van der Waals surface area contributed by atoms with Crippen molar-refractivity contribution in [3.8, 4) is 0 Å². The highest BCUT2D eigenvalue weighted by atomic mass is 32.2. The molecule has 0 radical (unpaired) electrons. The minimum Gasteiger partial charge on any atom is -0.379 e. The number of nitrogens with one attached hydrogen (secondary N) is 1. The van der Waals surface area contributed by atoms with Crippen LogP contribution in [0.15, 0.2) is 41.4 Å². The summed E-state index contributed by atoms with van der Waals surface area (Å²) in [6.07, 6.45) is 1.68. The smallest absolute Gasteiger partial charge is 0.256 e. The summed E-state index contributed by atoms with van der Waals surface area (Å²) in [7, 11) is -3.69. The van der Waals surface area contributed by atoms with Gasteiger partial charge in [-0.1, -0.05) is 6.07 Å². The number of ether oxygens (including phenoxy) is 2. The quantitative estimate of drug-likeness (QED) is 0.743. The Morgan fingerprint density at radius 3 is 2.42 bits per heavy atom. The molecule has 1 N–H and O–H groups in total. The molecule has 2 aliphatic heterocycles. The van der Waals surface area contributed by atoms with E-state index in [-0.39, 0.29) is 10.8 Å². The molecule has 0 bridgehead atoms. The summed E-state index contributed by atoms with van der Waals surface area (Å²) in [5.74, 6) is 0.299. The van der Waals surface area contributed by atoms with Crippen LogP contribution < -0.4 is 10.2 Å². The lowest BCUT2D eigenvalue weighted by Gasteiger charge is -2.29. The van der Waals surface area contributed by atoms with Crippen molar-refractivity contribution in [1.29, 1.82) is 0 Å². The van der Waals surface area contributed by atoms with Crippen LogP contribution in [0.1, 0.15) is 15.9 Å². The topological polar surface area (TPSA) is 101 Å². The van der Waals surface area contributed by atoms with E-state index < -0.39 is 10.0 Å². The maximum Gasteiger partial charge on any atom is 0.256 e. The van der Waals surface area contributed by atoms with Gasteiger partial charge in [0.2, 0.25) is 10.0 Å². The molecular weight excluding hydrogens is 420 g/mol. The number of aryl methyl sites for hydroxylation is 1. The van der Waals surface area contributed by atoms with Gasteiger partial charge in [0.25, 0.3) is 5.91 Å². The molecular formula is C21H26N4O5S. The van der Waals surface area contributed by atoms with Crippen LogP contribution in [-0.4, -0.2) is 76.2 Å². The number of morpholine rings is 2. The van der Waals surface area contributed by atoms with E-state index in [1.807, 2.05) is 0 Å². The minimum absolute atomic E-state index is 0.102. The molecule has 0 atom stereocenters. The number of nitrogens with zero attached hydrogens (tertiary/aromatic N) is 3. The zero-order valence-corrected chi connectivity index (χ0v) is 18.2. The van der Waals surface area contributed by atoms with E-state index >= 15 is 0 Å². The van der Waals surface area contributed by atoms with Crippen molar-refractivity contribution in [2.45, 2.75) is 11.8 Å². The van der Waals surface area contributed by atoms with Crippen LogP contribution in [0.4, 0.5) is 11.5 Å². The molecule has 2 aromatic rings. The van der Waals surface area contributed by atoms with Crippen LogP contribution in [0, 0.1) is 6.92 Å². The first-order chi connectivity index (χ1) is 15.0. The van der Waals surface area contributed by atoms with Gasteiger partial charge in [0.15, 0.2) is 5.82 Å². The van der Waals surface area contributed by atoms with Gasteiger partial charge in [-0.25, -0.2) is 13.4 Å². The van der Waals surface area contributed by atoms with Gasteiger partial charge in [0.05, 0.1) is 37.0 Å². The molecule has 0 aliphatic carbocycles. The van der Waals surface area contributed by atoms with E-state index in [1.165, 1.54) is 10.4 Å². The highest BCUT2D eigenvalue weighted by molar-refractivity contribution is 7.89. The summed E-state index contributed by atoms with van der Waals surface area (Å²) in [6.45, 7) is 5.69. The van der Waals surface area contributed by atoms with Crippen molar-refractivity contribution in [3.63, 3.8) is 0 Å². The Kier molecular flexibility index (Phi) is 6.51. The number of benzene rings is 1. The third-order valence-corrected chi connectivity index (χ3v) is 7.30. The summed E-state index contributed by atoms with van der Waals surface area (Å²) in [5.41, 5.74) is 1.58. The van der Waals surface area contributed by atoms with Gasteiger partial charge in [-0.2, -0.15) is 4.31 Å². The highest BCUT2D eigenvalue weighted by Gasteiger charge is 2.27. The molecule has 0 unspecified atom stereocenters. The summed E-state index contributed by atoms with van der Waals surface area (Å²) in [5, 5.41) is 2.91. The number of carbonyl (C=O) groups excluding carboxylic acids is 1. The van der Waals surface area contributed by atoms with Gasteiger partial charge < -0.3 is 19.7 Å². The zero-order valence-electron chi connectivity index (χ0n) is 17.4. The highest BCUT2D eigenvalue weighted by Crippen LogP contribution is 2.26. The van der Waals surface area contributed by atoms with Crippen LogP contribution in [0.3, 0.4) is 0 Å². The third kappa shape index (κ3) is 4.72. The van der Waals surface area contributed by atoms with Crippen molar-refractivity contribution >= 4 is 27.4 Å². The van der Waals surface area contributed by atoms with Crippen LogP contribution >= 0.6 is 0 Å². The second-order valence-corrected chi connectivity index (χ2v) is 9.36. The van der Waals surface area contributed by atoms with E-state index in [0.717, 1.165) is 0 Å². The molecule has 1 aromatic carbocycles. The van der Waals surface area contributed by atoms with E-state index in [1.54, 1.807) is 37.4 Å². The van der Waals surface area contributed by atoms with Crippen molar-refractivity contribution in [2.75, 3.05) is 62.8 Å². The fraction of sp³-hybridized carbons (Fsp3) is 0.429. The van der Waals surface area contributed by atoms with Crippen molar-refractivity contribution in [1.82, 2.24) is 9.29 Å². The molecule has 9 nitrogen and oxygen atoms in total. The van der Waals surface area contributed by atoms with Gasteiger partial charge in [-0.15, -0.1) is 0 Å². The number of aromatic nitrogens is 1. The molecule has 3 heterocycles. The monoisotopic (exact) mass is 446 g/mol. The fourth-order valence-corrected chi connectivity index (χ4v) is 5.09. The predicted octanol–water partition coefficient (Wildman–Crippen LogP) is 1.50. The maximum absolute atomic E-state index is 13.1. The minimum atomic E-state index is -3.69. The summed E-state index contributed by atoms with van der Waals surface area (Å²) in [6, 6.07) is 8.19. The molecule has 2 aliphatic rings. The fourth-order valence-electron chi connectivity index (χ4n) is 3.65. The number of anilines is 2. The standard InChI is InChI=1S/C21H26N4O5S/c1-16-4-5-17(31(27,28)25-9-13-30-14-10-25)15-18(16)21(26)23-19-3-2-6-22-20(19)24-7-11-29-12-8-24/h2-6,15H,7-14H2,1H3,(H,23,26). The lowest BCUT2D eigenvalue weighted by molar-refractivity contribution is 0.0730. The Balaban J connectivity index is 1.59. The normalized spacial score (nSPS) is 18.0. The zero-order chi connectivity index (χ0) is 21.8. The average molecular weight is 447 g/mol. The number of carbonyl (C=O) groups is 1. The van der Waals surface area contributed by atoms with Gasteiger partial charge >= 0.3 is 0 Å². The number of rotatable bonds is 5. The molecule has 2 fully saturated rings. The Morgan fingerprint density at radius 1 is 1.03 bits per heavy atom. The summed E-state index contributed by atoms with van der Waals surface area (Å²) < 4.78 is 38.0. The Bertz CT molecular complexity index is 1050. The van der Waals surface area contributed by atoms with E-state index in [0.29, 0.717) is 75.2 Å². The van der Waals surface area contributed by atoms with E-state index in [9.17, 15) is 13.2 Å². The first-order valence-corrected chi connectivity index (χ1v) is 11.7. The van der Waals surface area contributed by atoms with Crippen molar-refractivity contribution in [2.24, 2.45) is 0 Å². The van der Waals surface area contributed by atoms with Crippen LogP contribution in [0.25, 0.3) is 0 Å². The molecule has 0 spiro atoms. The van der Waals surface area contributed by atoms with Crippen molar-refractivity contribution < 1.29 is 22.7 Å². The summed E-state index contributed by atoms with van der Waals surface area (Å²) >= 11 is 0. The Morgan fingerprint density at radius 2 is 1.71 bits per heavy atom. The van der Waals surface area contributed by atoms with Crippen LogP contribution in [0.5, 0.6) is 0 Å². The van der Waals surface area contributed by atoms with Gasteiger partial charge in [0.1, 0.15) is 0 Å². The second-order valence-electron chi connectivity index (χ2n) is 7.42. The lowest BCUT2D eigenvalue weighted by Crippen LogP contribution is -2.40. The number of hydrogen-bond acceptors (Lipinski definition) is 7. The van der Waals surface area contributed by atoms with Gasteiger partial charge in [0, 0.05) is 37.9 Å². The number of hydrogen-bond donors (Lipinski definition) is 1. The first kappa shape index (κ1) is 21.7. The Hall–Kier alpha value is -2.53. The SMILES string of the molecule is Cc1ccc(S(=O)(=O)N2CCOCC2)cc1C(=O)Nc1cccnc1N1CCOCC1. The van der Waals surface area contributed by atoms with E-state index in [4.69, 9.17) is 9.47 Å². The van der Waals surface area contributed by atoms with Gasteiger partial charge in [-0.05, 0) is 36.8 Å².